The van der Waals surface area contributed by atoms with Crippen LogP contribution in [-0.4, -0.2) is 26.7 Å². The first kappa shape index (κ1) is 13.8. The van der Waals surface area contributed by atoms with Crippen LogP contribution in [0.5, 0.6) is 5.88 Å². The molecule has 0 fully saturated rings. The topological polar surface area (TPSA) is 75.7 Å². The molecule has 0 radical (unpaired) electrons. The van der Waals surface area contributed by atoms with E-state index in [2.05, 4.69) is 41.4 Å². The second-order valence-electron chi connectivity index (χ2n) is 4.43. The lowest BCUT2D eigenvalue weighted by Crippen LogP contribution is -2.05. The molecular formula is C14H14BrN5O. The smallest absolute Gasteiger partial charge is 0.229 e. The van der Waals surface area contributed by atoms with Gasteiger partial charge >= 0.3 is 0 Å². The monoisotopic (exact) mass is 347 g/mol. The Morgan fingerprint density at radius 3 is 3.05 bits per heavy atom. The van der Waals surface area contributed by atoms with Crippen LogP contribution >= 0.6 is 15.9 Å². The second-order valence-corrected chi connectivity index (χ2v) is 5.35. The number of rotatable bonds is 5. The van der Waals surface area contributed by atoms with Gasteiger partial charge in [0, 0.05) is 11.0 Å². The summed E-state index contributed by atoms with van der Waals surface area (Å²) < 4.78 is 6.86. The zero-order valence-electron chi connectivity index (χ0n) is 11.4. The lowest BCUT2D eigenvalue weighted by molar-refractivity contribution is 0.298. The molecule has 0 unspecified atom stereocenters. The maximum Gasteiger partial charge on any atom is 0.229 e. The van der Waals surface area contributed by atoms with Crippen LogP contribution in [-0.2, 0) is 6.61 Å². The van der Waals surface area contributed by atoms with Crippen molar-refractivity contribution in [3.63, 3.8) is 0 Å². The molecular weight excluding hydrogens is 334 g/mol. The highest BCUT2D eigenvalue weighted by Gasteiger charge is 2.10. The van der Waals surface area contributed by atoms with Crippen LogP contribution in [0.1, 0.15) is 12.5 Å². The predicted molar refractivity (Wildman–Crippen MR) is 84.3 cm³/mol. The highest BCUT2D eigenvalue weighted by Crippen LogP contribution is 2.23. The molecule has 0 aliphatic rings. The number of aromatic nitrogens is 4. The lowest BCUT2D eigenvalue weighted by atomic mass is 10.2. The van der Waals surface area contributed by atoms with E-state index in [1.807, 2.05) is 31.2 Å². The molecule has 108 valence electrons. The number of ether oxygens (including phenoxy) is 1. The van der Waals surface area contributed by atoms with Gasteiger partial charge in [-0.2, -0.15) is 15.1 Å². The number of anilines is 1. The fourth-order valence-electron chi connectivity index (χ4n) is 1.93. The van der Waals surface area contributed by atoms with Crippen LogP contribution in [0.4, 0.5) is 5.95 Å². The first-order valence-electron chi connectivity index (χ1n) is 6.58. The van der Waals surface area contributed by atoms with Crippen molar-refractivity contribution < 1.29 is 4.74 Å². The molecule has 0 atom stereocenters. The predicted octanol–water partition coefficient (Wildman–Crippen LogP) is 3.13. The van der Waals surface area contributed by atoms with Gasteiger partial charge in [-0.3, -0.25) is 5.10 Å². The summed E-state index contributed by atoms with van der Waals surface area (Å²) in [4.78, 5) is 8.71. The van der Waals surface area contributed by atoms with E-state index in [-0.39, 0.29) is 0 Å². The summed E-state index contributed by atoms with van der Waals surface area (Å²) in [5.41, 5.74) is 1.72. The van der Waals surface area contributed by atoms with E-state index in [9.17, 15) is 0 Å². The van der Waals surface area contributed by atoms with Crippen LogP contribution < -0.4 is 10.1 Å². The molecule has 0 saturated heterocycles. The van der Waals surface area contributed by atoms with E-state index < -0.39 is 0 Å². The largest absolute Gasteiger partial charge is 0.472 e. The number of nitrogens with one attached hydrogen (secondary N) is 2. The summed E-state index contributed by atoms with van der Waals surface area (Å²) >= 11 is 3.45. The SMILES string of the molecule is CCNc1nc(OCc2cccc(Br)c2)c2cn[nH]c2n1. The zero-order valence-corrected chi connectivity index (χ0v) is 13.0. The molecule has 0 amide bonds. The first-order chi connectivity index (χ1) is 10.3. The summed E-state index contributed by atoms with van der Waals surface area (Å²) in [5.74, 6) is 1.04. The first-order valence-corrected chi connectivity index (χ1v) is 7.38. The quantitative estimate of drug-likeness (QED) is 0.741. The Hall–Kier alpha value is -2.15. The number of hydrogen-bond acceptors (Lipinski definition) is 5. The number of halogens is 1. The molecule has 3 rings (SSSR count). The molecule has 0 aliphatic heterocycles. The van der Waals surface area contributed by atoms with Gasteiger partial charge in [-0.15, -0.1) is 0 Å². The van der Waals surface area contributed by atoms with Gasteiger partial charge in [0.25, 0.3) is 0 Å². The molecule has 6 nitrogen and oxygen atoms in total. The fourth-order valence-corrected chi connectivity index (χ4v) is 2.38. The Labute approximate surface area is 130 Å². The fraction of sp³-hybridized carbons (Fsp3) is 0.214. The molecule has 3 aromatic rings. The minimum atomic E-state index is 0.433. The number of fused-ring (bicyclic) bond motifs is 1. The number of benzene rings is 1. The van der Waals surface area contributed by atoms with Crippen molar-refractivity contribution in [3.8, 4) is 5.88 Å². The van der Waals surface area contributed by atoms with Gasteiger partial charge < -0.3 is 10.1 Å². The molecule has 0 bridgehead atoms. The van der Waals surface area contributed by atoms with Crippen molar-refractivity contribution in [2.75, 3.05) is 11.9 Å². The number of hydrogen-bond donors (Lipinski definition) is 2. The zero-order chi connectivity index (χ0) is 14.7. The Kier molecular flexibility index (Phi) is 4.01. The van der Waals surface area contributed by atoms with Gasteiger partial charge in [-0.1, -0.05) is 28.1 Å². The third kappa shape index (κ3) is 3.13. The van der Waals surface area contributed by atoms with Crippen LogP contribution in [0.2, 0.25) is 0 Å². The lowest BCUT2D eigenvalue weighted by Gasteiger charge is -2.08. The Bertz CT molecular complexity index is 758. The molecule has 2 aromatic heterocycles. The van der Waals surface area contributed by atoms with Crippen LogP contribution in [0.25, 0.3) is 11.0 Å². The molecule has 21 heavy (non-hydrogen) atoms. The normalized spacial score (nSPS) is 10.8. The van der Waals surface area contributed by atoms with Crippen molar-refractivity contribution in [1.82, 2.24) is 20.2 Å². The average molecular weight is 348 g/mol. The minimum absolute atomic E-state index is 0.433. The van der Waals surface area contributed by atoms with E-state index >= 15 is 0 Å². The van der Waals surface area contributed by atoms with Gasteiger partial charge in [0.05, 0.1) is 6.20 Å². The summed E-state index contributed by atoms with van der Waals surface area (Å²) in [6.07, 6.45) is 1.67. The van der Waals surface area contributed by atoms with Crippen LogP contribution in [0.3, 0.4) is 0 Å². The van der Waals surface area contributed by atoms with Crippen molar-refractivity contribution in [2.24, 2.45) is 0 Å². The molecule has 0 aliphatic carbocycles. The molecule has 2 N–H and O–H groups in total. The highest BCUT2D eigenvalue weighted by molar-refractivity contribution is 9.10. The number of nitrogens with zero attached hydrogens (tertiary/aromatic N) is 3. The maximum absolute atomic E-state index is 5.83. The van der Waals surface area contributed by atoms with E-state index in [1.54, 1.807) is 6.20 Å². The van der Waals surface area contributed by atoms with Gasteiger partial charge in [0.1, 0.15) is 12.0 Å². The van der Waals surface area contributed by atoms with E-state index in [4.69, 9.17) is 4.74 Å². The maximum atomic E-state index is 5.83. The summed E-state index contributed by atoms with van der Waals surface area (Å²) in [6.45, 7) is 3.16. The highest BCUT2D eigenvalue weighted by atomic mass is 79.9. The van der Waals surface area contributed by atoms with E-state index in [0.29, 0.717) is 24.1 Å². The summed E-state index contributed by atoms with van der Waals surface area (Å²) in [5, 5.41) is 10.7. The third-order valence-electron chi connectivity index (χ3n) is 2.87. The van der Waals surface area contributed by atoms with Crippen molar-refractivity contribution in [1.29, 1.82) is 0 Å². The second kappa shape index (κ2) is 6.09. The number of H-pyrrole nitrogens is 1. The minimum Gasteiger partial charge on any atom is -0.472 e. The van der Waals surface area contributed by atoms with Gasteiger partial charge in [-0.05, 0) is 24.6 Å². The van der Waals surface area contributed by atoms with E-state index in [0.717, 1.165) is 22.0 Å². The third-order valence-corrected chi connectivity index (χ3v) is 3.37. The summed E-state index contributed by atoms with van der Waals surface area (Å²) in [7, 11) is 0. The molecule has 1 aromatic carbocycles. The summed E-state index contributed by atoms with van der Waals surface area (Å²) in [6, 6.07) is 7.97. The molecule has 0 saturated carbocycles. The van der Waals surface area contributed by atoms with Gasteiger partial charge in [0.2, 0.25) is 11.8 Å². The standard InChI is InChI=1S/C14H14BrN5O/c1-2-16-14-18-12-11(7-17-20-12)13(19-14)21-8-9-4-3-5-10(15)6-9/h3-7H,2,8H2,1H3,(H2,16,17,18,19,20). The number of aromatic amines is 1. The molecule has 7 heteroatoms. The Balaban J connectivity index is 1.86. The van der Waals surface area contributed by atoms with Crippen LogP contribution in [0.15, 0.2) is 34.9 Å². The van der Waals surface area contributed by atoms with Crippen LogP contribution in [0, 0.1) is 0 Å². The van der Waals surface area contributed by atoms with E-state index in [1.165, 1.54) is 0 Å². The Morgan fingerprint density at radius 2 is 2.24 bits per heavy atom. The average Bonchev–Trinajstić information content (AvgIpc) is 2.93. The molecule has 2 heterocycles. The Morgan fingerprint density at radius 1 is 1.33 bits per heavy atom. The molecule has 0 spiro atoms. The van der Waals surface area contributed by atoms with Gasteiger partial charge in [0.15, 0.2) is 5.65 Å². The van der Waals surface area contributed by atoms with Gasteiger partial charge in [-0.25, -0.2) is 0 Å². The van der Waals surface area contributed by atoms with Crippen molar-refractivity contribution in [2.45, 2.75) is 13.5 Å². The van der Waals surface area contributed by atoms with Crippen molar-refractivity contribution in [3.05, 3.63) is 40.5 Å². The van der Waals surface area contributed by atoms with Crippen molar-refractivity contribution >= 4 is 32.9 Å².